The summed E-state index contributed by atoms with van der Waals surface area (Å²) < 4.78 is 12.3. The predicted octanol–water partition coefficient (Wildman–Crippen LogP) is 6.84. The van der Waals surface area contributed by atoms with Crippen LogP contribution in [0.5, 0.6) is 5.75 Å². The van der Waals surface area contributed by atoms with Crippen molar-refractivity contribution < 1.29 is 29.0 Å². The summed E-state index contributed by atoms with van der Waals surface area (Å²) in [5, 5.41) is 14.0. The molecule has 2 aliphatic rings. The Morgan fingerprint density at radius 3 is 2.48 bits per heavy atom. The lowest BCUT2D eigenvalue weighted by Crippen LogP contribution is -2.52. The Balaban J connectivity index is 0.00000497. The number of nitrogens with one attached hydrogen (secondary N) is 1. The van der Waals surface area contributed by atoms with Crippen LogP contribution in [0.1, 0.15) is 53.5 Å². The van der Waals surface area contributed by atoms with Gasteiger partial charge < -0.3 is 29.4 Å². The number of aromatic hydroxyl groups is 1. The maximum atomic E-state index is 14.8. The van der Waals surface area contributed by atoms with Crippen LogP contribution in [-0.4, -0.2) is 88.1 Å². The van der Waals surface area contributed by atoms with E-state index in [1.54, 1.807) is 30.3 Å². The highest BCUT2D eigenvalue weighted by Crippen LogP contribution is 2.35. The second kappa shape index (κ2) is 16.4. The van der Waals surface area contributed by atoms with Crippen LogP contribution in [0, 0.1) is 6.92 Å². The van der Waals surface area contributed by atoms with Crippen molar-refractivity contribution in [1.82, 2.24) is 19.4 Å². The molecule has 1 saturated heterocycles. The van der Waals surface area contributed by atoms with E-state index in [0.29, 0.717) is 64.4 Å². The number of rotatable bonds is 9. The highest BCUT2D eigenvalue weighted by molar-refractivity contribution is 6.31. The van der Waals surface area contributed by atoms with E-state index in [0.717, 1.165) is 31.6 Å². The van der Waals surface area contributed by atoms with Crippen LogP contribution in [0.4, 0.5) is 11.5 Å². The van der Waals surface area contributed by atoms with Gasteiger partial charge in [0.25, 0.3) is 5.91 Å². The second-order valence-corrected chi connectivity index (χ2v) is 13.8. The number of hydrogen-bond acceptors (Lipinski definition) is 9. The number of methoxy groups -OCH3 is 1. The molecule has 1 atom stereocenters. The lowest BCUT2D eigenvalue weighted by atomic mass is 9.92. The molecule has 3 aromatic carbocycles. The third-order valence-electron chi connectivity index (χ3n) is 10.1. The molecule has 1 amide bonds. The van der Waals surface area contributed by atoms with Crippen LogP contribution in [0.2, 0.25) is 5.02 Å². The number of phenolic OH excluding ortho intramolecular Hbond substituents is 1. The van der Waals surface area contributed by atoms with E-state index in [4.69, 9.17) is 21.1 Å². The molecule has 7 rings (SSSR count). The largest absolute Gasteiger partial charge is 0.508 e. The second-order valence-electron chi connectivity index (χ2n) is 13.4. The SMILES string of the molecule is COC(=O)c1ccnc(Nc2ccc(O)cc2C(=O)c2cc(-c3cc(Cl)ccc3C(=O)N3Cc4ccccc4C[C@H]3CN3CCOCC3)n(C)c2C)c1.Cl. The van der Waals surface area contributed by atoms with Gasteiger partial charge in [0.15, 0.2) is 5.78 Å². The van der Waals surface area contributed by atoms with Gasteiger partial charge >= 0.3 is 5.97 Å². The van der Waals surface area contributed by atoms with Crippen molar-refractivity contribution in [2.45, 2.75) is 25.9 Å². The fourth-order valence-electron chi connectivity index (χ4n) is 7.18. The van der Waals surface area contributed by atoms with E-state index < -0.39 is 5.97 Å². The van der Waals surface area contributed by atoms with Crippen LogP contribution in [0.25, 0.3) is 11.3 Å². The average Bonchev–Trinajstić information content (AvgIpc) is 3.47. The van der Waals surface area contributed by atoms with Crippen molar-refractivity contribution in [3.8, 4) is 17.0 Å². The minimum Gasteiger partial charge on any atom is -0.508 e. The summed E-state index contributed by atoms with van der Waals surface area (Å²) in [7, 11) is 3.14. The van der Waals surface area contributed by atoms with Gasteiger partial charge in [0.05, 0.1) is 31.6 Å². The van der Waals surface area contributed by atoms with E-state index in [-0.39, 0.29) is 47.0 Å². The predicted molar refractivity (Wildman–Crippen MR) is 209 cm³/mol. The molecular formula is C41H41Cl2N5O6. The van der Waals surface area contributed by atoms with Crippen LogP contribution in [0.15, 0.2) is 85.1 Å². The van der Waals surface area contributed by atoms with Gasteiger partial charge in [-0.2, -0.15) is 0 Å². The zero-order valence-electron chi connectivity index (χ0n) is 30.2. The molecule has 0 radical (unpaired) electrons. The van der Waals surface area contributed by atoms with Crippen molar-refractivity contribution in [3.05, 3.63) is 129 Å². The molecule has 1 fully saturated rings. The number of carbonyl (C=O) groups excluding carboxylic acids is 3. The van der Waals surface area contributed by atoms with Gasteiger partial charge in [-0.15, -0.1) is 12.4 Å². The Morgan fingerprint density at radius 1 is 0.963 bits per heavy atom. The normalized spacial score (nSPS) is 15.6. The summed E-state index contributed by atoms with van der Waals surface area (Å²) in [4.78, 5) is 49.9. The third-order valence-corrected chi connectivity index (χ3v) is 10.4. The Bertz CT molecular complexity index is 2220. The monoisotopic (exact) mass is 769 g/mol. The summed E-state index contributed by atoms with van der Waals surface area (Å²) in [6, 6.07) is 22.7. The van der Waals surface area contributed by atoms with Gasteiger partial charge in [-0.25, -0.2) is 9.78 Å². The number of carbonyl (C=O) groups is 3. The number of aromatic nitrogens is 2. The molecule has 11 nitrogen and oxygen atoms in total. The molecule has 0 aliphatic carbocycles. The Hall–Kier alpha value is -5.20. The summed E-state index contributed by atoms with van der Waals surface area (Å²) in [6.07, 6.45) is 2.20. The highest BCUT2D eigenvalue weighted by Gasteiger charge is 2.34. The Kier molecular flexibility index (Phi) is 11.7. The molecule has 0 saturated carbocycles. The first kappa shape index (κ1) is 38.5. The van der Waals surface area contributed by atoms with Crippen LogP contribution in [0.3, 0.4) is 0 Å². The first-order chi connectivity index (χ1) is 25.6. The van der Waals surface area contributed by atoms with Crippen LogP contribution < -0.4 is 5.32 Å². The molecular weight excluding hydrogens is 729 g/mol. The number of nitrogens with zero attached hydrogens (tertiary/aromatic N) is 4. The minimum atomic E-state index is -0.526. The van der Waals surface area contributed by atoms with Crippen molar-refractivity contribution in [2.24, 2.45) is 7.05 Å². The molecule has 0 bridgehead atoms. The van der Waals surface area contributed by atoms with E-state index >= 15 is 0 Å². The number of benzene rings is 3. The van der Waals surface area contributed by atoms with Crippen LogP contribution >= 0.6 is 24.0 Å². The summed E-state index contributed by atoms with van der Waals surface area (Å²) in [5.41, 5.74) is 5.99. The van der Waals surface area contributed by atoms with Gasteiger partial charge in [-0.05, 0) is 79.1 Å². The number of fused-ring (bicyclic) bond motifs is 1. The van der Waals surface area contributed by atoms with E-state index in [1.807, 2.05) is 35.6 Å². The van der Waals surface area contributed by atoms with E-state index in [2.05, 4.69) is 27.3 Å². The first-order valence-corrected chi connectivity index (χ1v) is 17.8. The summed E-state index contributed by atoms with van der Waals surface area (Å²) in [6.45, 7) is 6.03. The summed E-state index contributed by atoms with van der Waals surface area (Å²) in [5.74, 6) is -0.785. The van der Waals surface area contributed by atoms with Gasteiger partial charge in [0.2, 0.25) is 0 Å². The number of halogens is 2. The van der Waals surface area contributed by atoms with E-state index in [9.17, 15) is 19.5 Å². The van der Waals surface area contributed by atoms with Crippen LogP contribution in [-0.2, 0) is 29.5 Å². The van der Waals surface area contributed by atoms with Gasteiger partial charge in [0, 0.05) is 84.1 Å². The number of amides is 1. The summed E-state index contributed by atoms with van der Waals surface area (Å²) >= 11 is 6.60. The number of ether oxygens (including phenoxy) is 2. The quantitative estimate of drug-likeness (QED) is 0.0942. The number of ketones is 1. The number of morpholine rings is 1. The number of anilines is 2. The average molecular weight is 771 g/mol. The highest BCUT2D eigenvalue weighted by atomic mass is 35.5. The van der Waals surface area contributed by atoms with Gasteiger partial charge in [0.1, 0.15) is 11.6 Å². The first-order valence-electron chi connectivity index (χ1n) is 17.4. The maximum Gasteiger partial charge on any atom is 0.338 e. The van der Waals surface area contributed by atoms with Gasteiger partial charge in [-0.1, -0.05) is 35.9 Å². The standard InChI is InChI=1S/C41H40ClN5O6.ClH/c1-25-33(39(49)35-21-31(48)9-11-36(35)44-38-19-27(12-13-43-38)41(51)52-3)22-37(45(25)2)34-20-29(42)8-10-32(34)40(50)47-23-28-7-5-4-6-26(28)18-30(47)24-46-14-16-53-17-15-46;/h4-13,19-22,30,48H,14-18,23-24H2,1-3H3,(H,43,44);1H/t30-;/m0./s1. The molecule has 13 heteroatoms. The molecule has 2 aromatic heterocycles. The number of hydrogen-bond donors (Lipinski definition) is 2. The molecule has 2 N–H and O–H groups in total. The number of pyridine rings is 1. The maximum absolute atomic E-state index is 14.8. The molecule has 280 valence electrons. The smallest absolute Gasteiger partial charge is 0.338 e. The zero-order chi connectivity index (χ0) is 37.2. The molecule has 4 heterocycles. The molecule has 0 spiro atoms. The Labute approximate surface area is 324 Å². The van der Waals surface area contributed by atoms with Crippen molar-refractivity contribution >= 4 is 53.2 Å². The third kappa shape index (κ3) is 7.85. The molecule has 54 heavy (non-hydrogen) atoms. The van der Waals surface area contributed by atoms with Gasteiger partial charge in [-0.3, -0.25) is 14.5 Å². The number of esters is 1. The van der Waals surface area contributed by atoms with Crippen molar-refractivity contribution in [1.29, 1.82) is 0 Å². The molecule has 2 aliphatic heterocycles. The van der Waals surface area contributed by atoms with Crippen molar-refractivity contribution in [2.75, 3.05) is 45.3 Å². The Morgan fingerprint density at radius 2 is 1.72 bits per heavy atom. The van der Waals surface area contributed by atoms with E-state index in [1.165, 1.54) is 43.1 Å². The fourth-order valence-corrected chi connectivity index (χ4v) is 7.36. The topological polar surface area (TPSA) is 126 Å². The van der Waals surface area contributed by atoms with Crippen molar-refractivity contribution in [3.63, 3.8) is 0 Å². The lowest BCUT2D eigenvalue weighted by molar-refractivity contribution is 0.0193. The molecule has 0 unspecified atom stereocenters. The fraction of sp³-hybridized carbons (Fsp3) is 0.268. The lowest BCUT2D eigenvalue weighted by Gasteiger charge is -2.40. The minimum absolute atomic E-state index is 0. The molecule has 5 aromatic rings. The number of phenols is 1. The zero-order valence-corrected chi connectivity index (χ0v) is 31.7.